The fourth-order valence-corrected chi connectivity index (χ4v) is 4.38. The van der Waals surface area contributed by atoms with Gasteiger partial charge in [0, 0.05) is 48.9 Å². The summed E-state index contributed by atoms with van der Waals surface area (Å²) in [5.74, 6) is -1.09. The van der Waals surface area contributed by atoms with Crippen molar-refractivity contribution < 1.29 is 24.0 Å². The number of nitro groups is 1. The van der Waals surface area contributed by atoms with Crippen molar-refractivity contribution in [1.29, 1.82) is 0 Å². The van der Waals surface area contributed by atoms with Gasteiger partial charge in [-0.2, -0.15) is 0 Å². The molecule has 1 unspecified atom stereocenters. The van der Waals surface area contributed by atoms with Crippen LogP contribution in [0.4, 0.5) is 5.69 Å². The molecular formula is C27H27N5O6. The number of carbonyl (C=O) groups excluding carboxylic acids is 3. The van der Waals surface area contributed by atoms with Crippen LogP contribution in [0.5, 0.6) is 0 Å². The van der Waals surface area contributed by atoms with Crippen LogP contribution in [-0.2, 0) is 4.74 Å². The molecule has 1 aliphatic heterocycles. The lowest BCUT2D eigenvalue weighted by molar-refractivity contribution is -0.384. The number of ether oxygens (including phenoxy) is 1. The molecular weight excluding hydrogens is 490 g/mol. The van der Waals surface area contributed by atoms with E-state index in [2.05, 4.69) is 9.97 Å². The molecule has 4 rings (SSSR count). The zero-order chi connectivity index (χ0) is 27.4. The summed E-state index contributed by atoms with van der Waals surface area (Å²) in [5.41, 5.74) is 1.24. The fraction of sp³-hybridized carbons (Fsp3) is 0.296. The molecule has 1 saturated heterocycles. The third kappa shape index (κ3) is 5.36. The number of aromatic nitrogens is 2. The largest absolute Gasteiger partial charge is 0.462 e. The molecule has 11 nitrogen and oxygen atoms in total. The van der Waals surface area contributed by atoms with E-state index in [-0.39, 0.29) is 55.1 Å². The molecule has 2 aromatic carbocycles. The first-order chi connectivity index (χ1) is 18.2. The summed E-state index contributed by atoms with van der Waals surface area (Å²) < 4.78 is 5.19. The van der Waals surface area contributed by atoms with Gasteiger partial charge in [-0.05, 0) is 32.9 Å². The smallest absolute Gasteiger partial charge is 0.342 e. The first-order valence-corrected chi connectivity index (χ1v) is 12.2. The maximum Gasteiger partial charge on any atom is 0.342 e. The Bertz CT molecular complexity index is 1380. The van der Waals surface area contributed by atoms with Crippen LogP contribution >= 0.6 is 0 Å². The standard InChI is InChI=1S/C27H27N5O6/c1-4-38-27(35)22-18(3)28-24(19-8-6-5-7-9-19)29-23(22)26(34)30-14-15-31(17(2)16-30)25(33)20-10-12-21(13-11-20)32(36)37/h5-13,17H,4,14-16H2,1-3H3. The highest BCUT2D eigenvalue weighted by Crippen LogP contribution is 2.23. The lowest BCUT2D eigenvalue weighted by Crippen LogP contribution is -2.55. The molecule has 2 heterocycles. The molecule has 0 bridgehead atoms. The molecule has 2 amide bonds. The van der Waals surface area contributed by atoms with Gasteiger partial charge in [0.1, 0.15) is 11.3 Å². The number of hydrogen-bond donors (Lipinski definition) is 0. The maximum atomic E-state index is 13.7. The van der Waals surface area contributed by atoms with Gasteiger partial charge in [0.15, 0.2) is 5.82 Å². The van der Waals surface area contributed by atoms with Crippen molar-refractivity contribution in [3.8, 4) is 11.4 Å². The van der Waals surface area contributed by atoms with Gasteiger partial charge in [-0.25, -0.2) is 14.8 Å². The molecule has 1 atom stereocenters. The summed E-state index contributed by atoms with van der Waals surface area (Å²) >= 11 is 0. The highest BCUT2D eigenvalue weighted by atomic mass is 16.6. The van der Waals surface area contributed by atoms with E-state index >= 15 is 0 Å². The Morgan fingerprint density at radius 3 is 2.32 bits per heavy atom. The predicted molar refractivity (Wildman–Crippen MR) is 138 cm³/mol. The third-order valence-corrected chi connectivity index (χ3v) is 6.30. The Labute approximate surface area is 219 Å². The number of piperazine rings is 1. The normalized spacial score (nSPS) is 15.2. The molecule has 0 aliphatic carbocycles. The van der Waals surface area contributed by atoms with Gasteiger partial charge in [-0.15, -0.1) is 0 Å². The first-order valence-electron chi connectivity index (χ1n) is 12.2. The Morgan fingerprint density at radius 2 is 1.71 bits per heavy atom. The molecule has 0 spiro atoms. The second-order valence-electron chi connectivity index (χ2n) is 8.85. The summed E-state index contributed by atoms with van der Waals surface area (Å²) in [7, 11) is 0. The van der Waals surface area contributed by atoms with Gasteiger partial charge >= 0.3 is 5.97 Å². The topological polar surface area (TPSA) is 136 Å². The van der Waals surface area contributed by atoms with Gasteiger partial charge in [-0.1, -0.05) is 30.3 Å². The van der Waals surface area contributed by atoms with Gasteiger partial charge in [0.2, 0.25) is 0 Å². The van der Waals surface area contributed by atoms with Crippen molar-refractivity contribution in [3.05, 3.63) is 87.2 Å². The minimum Gasteiger partial charge on any atom is -0.462 e. The number of esters is 1. The van der Waals surface area contributed by atoms with Gasteiger partial charge in [0.05, 0.1) is 17.2 Å². The minimum absolute atomic E-state index is 0.0218. The lowest BCUT2D eigenvalue weighted by atomic mass is 10.1. The molecule has 1 fully saturated rings. The molecule has 1 aliphatic rings. The molecule has 1 aromatic heterocycles. The van der Waals surface area contributed by atoms with Crippen molar-refractivity contribution in [1.82, 2.24) is 19.8 Å². The van der Waals surface area contributed by atoms with Crippen LogP contribution in [0, 0.1) is 17.0 Å². The van der Waals surface area contributed by atoms with Crippen LogP contribution in [-0.4, -0.2) is 74.8 Å². The number of non-ortho nitro benzene ring substituents is 1. The van der Waals surface area contributed by atoms with Crippen molar-refractivity contribution in [3.63, 3.8) is 0 Å². The quantitative estimate of drug-likeness (QED) is 0.275. The van der Waals surface area contributed by atoms with Crippen LogP contribution in [0.2, 0.25) is 0 Å². The van der Waals surface area contributed by atoms with Gasteiger partial charge in [0.25, 0.3) is 17.5 Å². The monoisotopic (exact) mass is 517 g/mol. The predicted octanol–water partition coefficient (Wildman–Crippen LogP) is 3.52. The van der Waals surface area contributed by atoms with Crippen LogP contribution in [0.15, 0.2) is 54.6 Å². The van der Waals surface area contributed by atoms with E-state index in [0.717, 1.165) is 0 Å². The zero-order valence-electron chi connectivity index (χ0n) is 21.3. The average molecular weight is 518 g/mol. The van der Waals surface area contributed by atoms with Crippen molar-refractivity contribution in [2.75, 3.05) is 26.2 Å². The minimum atomic E-state index is -0.673. The number of nitro benzene ring substituents is 1. The van der Waals surface area contributed by atoms with E-state index < -0.39 is 16.8 Å². The first kappa shape index (κ1) is 26.4. The number of nitrogens with zero attached hydrogens (tertiary/aromatic N) is 5. The van der Waals surface area contributed by atoms with E-state index in [0.29, 0.717) is 22.6 Å². The van der Waals surface area contributed by atoms with E-state index in [9.17, 15) is 24.5 Å². The Hall–Kier alpha value is -4.67. The number of hydrogen-bond acceptors (Lipinski definition) is 8. The van der Waals surface area contributed by atoms with Crippen LogP contribution in [0.3, 0.4) is 0 Å². The average Bonchev–Trinajstić information content (AvgIpc) is 2.92. The number of carbonyl (C=O) groups is 3. The van der Waals surface area contributed by atoms with Crippen molar-refractivity contribution in [2.45, 2.75) is 26.8 Å². The molecule has 11 heteroatoms. The Morgan fingerprint density at radius 1 is 1.03 bits per heavy atom. The second-order valence-corrected chi connectivity index (χ2v) is 8.85. The van der Waals surface area contributed by atoms with Crippen LogP contribution in [0.1, 0.15) is 50.7 Å². The molecule has 196 valence electrons. The molecule has 38 heavy (non-hydrogen) atoms. The number of rotatable bonds is 6. The van der Waals surface area contributed by atoms with E-state index in [1.807, 2.05) is 37.3 Å². The summed E-state index contributed by atoms with van der Waals surface area (Å²) in [6.07, 6.45) is 0. The second kappa shape index (κ2) is 11.2. The number of benzene rings is 2. The highest BCUT2D eigenvalue weighted by molar-refractivity contribution is 6.05. The van der Waals surface area contributed by atoms with E-state index in [1.54, 1.807) is 23.6 Å². The zero-order valence-corrected chi connectivity index (χ0v) is 21.3. The third-order valence-electron chi connectivity index (χ3n) is 6.30. The summed E-state index contributed by atoms with van der Waals surface area (Å²) in [6.45, 7) is 5.93. The molecule has 0 radical (unpaired) electrons. The summed E-state index contributed by atoms with van der Waals surface area (Å²) in [6, 6.07) is 14.2. The highest BCUT2D eigenvalue weighted by Gasteiger charge is 2.34. The Kier molecular flexibility index (Phi) is 7.75. The molecule has 0 saturated carbocycles. The van der Waals surface area contributed by atoms with E-state index in [4.69, 9.17) is 4.74 Å². The van der Waals surface area contributed by atoms with Crippen LogP contribution in [0.25, 0.3) is 11.4 Å². The number of aryl methyl sites for hydroxylation is 1. The van der Waals surface area contributed by atoms with Crippen molar-refractivity contribution in [2.24, 2.45) is 0 Å². The Balaban J connectivity index is 1.59. The maximum absolute atomic E-state index is 13.7. The summed E-state index contributed by atoms with van der Waals surface area (Å²) in [4.78, 5) is 62.1. The van der Waals surface area contributed by atoms with Gasteiger partial charge in [-0.3, -0.25) is 19.7 Å². The van der Waals surface area contributed by atoms with Crippen molar-refractivity contribution >= 4 is 23.5 Å². The summed E-state index contributed by atoms with van der Waals surface area (Å²) in [5, 5.41) is 10.9. The van der Waals surface area contributed by atoms with Gasteiger partial charge < -0.3 is 14.5 Å². The SMILES string of the molecule is CCOC(=O)c1c(C)nc(-c2ccccc2)nc1C(=O)N1CCN(C(=O)c2ccc([N+](=O)[O-])cc2)C(C)C1. The molecule has 0 N–H and O–H groups in total. The molecule has 3 aromatic rings. The lowest BCUT2D eigenvalue weighted by Gasteiger charge is -2.40. The van der Waals surface area contributed by atoms with E-state index in [1.165, 1.54) is 24.3 Å². The number of amides is 2. The van der Waals surface area contributed by atoms with Crippen LogP contribution < -0.4 is 0 Å². The fourth-order valence-electron chi connectivity index (χ4n) is 4.38.